The van der Waals surface area contributed by atoms with Crippen LogP contribution in [0.1, 0.15) is 23.3 Å². The molecule has 2 rings (SSSR count). The molecule has 1 aliphatic rings. The monoisotopic (exact) mass is 312 g/mol. The number of nitrogens with two attached hydrogens (primary N) is 1. The lowest BCUT2D eigenvalue weighted by Gasteiger charge is -2.29. The van der Waals surface area contributed by atoms with E-state index in [-0.39, 0.29) is 11.9 Å². The second-order valence-corrected chi connectivity index (χ2v) is 5.44. The number of hydrogen-bond acceptors (Lipinski definition) is 4. The third-order valence-electron chi connectivity index (χ3n) is 3.16. The Morgan fingerprint density at radius 3 is 2.83 bits per heavy atom. The Kier molecular flexibility index (Phi) is 4.19. The molecule has 0 atom stereocenters. The predicted octanol–water partition coefficient (Wildman–Crippen LogP) is 1.25. The molecule has 0 aromatic carbocycles. The molecule has 0 unspecified atom stereocenters. The number of aromatic nitrogens is 1. The van der Waals surface area contributed by atoms with Crippen LogP contribution in [-0.2, 0) is 0 Å². The number of anilines is 1. The highest BCUT2D eigenvalue weighted by molar-refractivity contribution is 9.10. The fourth-order valence-corrected chi connectivity index (χ4v) is 2.34. The van der Waals surface area contributed by atoms with Gasteiger partial charge in [-0.2, -0.15) is 0 Å². The highest BCUT2D eigenvalue weighted by Gasteiger charge is 2.20. The first-order valence-electron chi connectivity index (χ1n) is 5.97. The summed E-state index contributed by atoms with van der Waals surface area (Å²) >= 11 is 3.24. The number of nitrogens with one attached hydrogen (secondary N) is 1. The van der Waals surface area contributed by atoms with Gasteiger partial charge in [-0.1, -0.05) is 0 Å². The Labute approximate surface area is 115 Å². The normalized spacial score (nSPS) is 17.7. The van der Waals surface area contributed by atoms with Crippen molar-refractivity contribution in [3.8, 4) is 0 Å². The molecule has 1 saturated heterocycles. The zero-order valence-corrected chi connectivity index (χ0v) is 11.9. The number of pyridine rings is 1. The maximum Gasteiger partial charge on any atom is 0.272 e. The first-order valence-corrected chi connectivity index (χ1v) is 6.77. The van der Waals surface area contributed by atoms with Crippen molar-refractivity contribution >= 4 is 27.5 Å². The van der Waals surface area contributed by atoms with E-state index in [0.717, 1.165) is 25.9 Å². The molecule has 0 bridgehead atoms. The van der Waals surface area contributed by atoms with Crippen molar-refractivity contribution in [3.05, 3.63) is 22.4 Å². The van der Waals surface area contributed by atoms with Gasteiger partial charge in [0, 0.05) is 6.04 Å². The summed E-state index contributed by atoms with van der Waals surface area (Å²) in [5.74, 6) is -0.191. The van der Waals surface area contributed by atoms with E-state index in [1.165, 1.54) is 0 Å². The Morgan fingerprint density at radius 2 is 2.17 bits per heavy atom. The van der Waals surface area contributed by atoms with Gasteiger partial charge in [-0.25, -0.2) is 4.98 Å². The molecule has 5 nitrogen and oxygen atoms in total. The molecular formula is C12H17BrN4O. The lowest BCUT2D eigenvalue weighted by atomic mass is 10.1. The SMILES string of the molecule is CN1CCC(NC(=O)c2nc(Br)ccc2N)CC1. The van der Waals surface area contributed by atoms with Gasteiger partial charge in [0.1, 0.15) is 4.60 Å². The van der Waals surface area contributed by atoms with Crippen LogP contribution >= 0.6 is 15.9 Å². The zero-order chi connectivity index (χ0) is 13.1. The molecule has 3 N–H and O–H groups in total. The van der Waals surface area contributed by atoms with E-state index in [2.05, 4.69) is 38.2 Å². The molecule has 1 aromatic rings. The molecule has 0 saturated carbocycles. The summed E-state index contributed by atoms with van der Waals surface area (Å²) in [5.41, 5.74) is 6.47. The number of nitrogens with zero attached hydrogens (tertiary/aromatic N) is 2. The zero-order valence-electron chi connectivity index (χ0n) is 10.3. The van der Waals surface area contributed by atoms with Gasteiger partial charge in [-0.3, -0.25) is 4.79 Å². The molecular weight excluding hydrogens is 296 g/mol. The van der Waals surface area contributed by atoms with Crippen LogP contribution in [0.25, 0.3) is 0 Å². The number of piperidine rings is 1. The summed E-state index contributed by atoms with van der Waals surface area (Å²) in [6.45, 7) is 2.01. The van der Waals surface area contributed by atoms with Crippen LogP contribution < -0.4 is 11.1 Å². The summed E-state index contributed by atoms with van der Waals surface area (Å²) in [4.78, 5) is 18.5. The summed E-state index contributed by atoms with van der Waals surface area (Å²) in [5, 5.41) is 2.99. The van der Waals surface area contributed by atoms with Crippen LogP contribution in [0.2, 0.25) is 0 Å². The maximum absolute atomic E-state index is 12.1. The molecule has 2 heterocycles. The fraction of sp³-hybridized carbons (Fsp3) is 0.500. The standard InChI is InChI=1S/C12H17BrN4O/c1-17-6-4-8(5-7-17)15-12(18)11-9(14)2-3-10(13)16-11/h2-3,8H,4-7,14H2,1H3,(H,15,18). The summed E-state index contributed by atoms with van der Waals surface area (Å²) < 4.78 is 0.616. The van der Waals surface area contributed by atoms with Crippen molar-refractivity contribution in [3.63, 3.8) is 0 Å². The average Bonchev–Trinajstić information content (AvgIpc) is 2.35. The quantitative estimate of drug-likeness (QED) is 0.806. The second-order valence-electron chi connectivity index (χ2n) is 4.62. The van der Waals surface area contributed by atoms with E-state index in [9.17, 15) is 4.79 Å². The topological polar surface area (TPSA) is 71.2 Å². The van der Waals surface area contributed by atoms with E-state index >= 15 is 0 Å². The number of halogens is 1. The van der Waals surface area contributed by atoms with Gasteiger partial charge in [-0.05, 0) is 61.0 Å². The minimum absolute atomic E-state index is 0.191. The fourth-order valence-electron chi connectivity index (χ4n) is 2.03. The van der Waals surface area contributed by atoms with E-state index < -0.39 is 0 Å². The molecule has 1 fully saturated rings. The maximum atomic E-state index is 12.1. The van der Waals surface area contributed by atoms with Crippen LogP contribution in [-0.4, -0.2) is 42.0 Å². The minimum atomic E-state index is -0.191. The lowest BCUT2D eigenvalue weighted by Crippen LogP contribution is -2.43. The Hall–Kier alpha value is -1.14. The Morgan fingerprint density at radius 1 is 1.50 bits per heavy atom. The van der Waals surface area contributed by atoms with Gasteiger partial charge >= 0.3 is 0 Å². The number of carbonyl (C=O) groups is 1. The Bertz CT molecular complexity index is 444. The predicted molar refractivity (Wildman–Crippen MR) is 74.3 cm³/mol. The van der Waals surface area contributed by atoms with Gasteiger partial charge in [0.05, 0.1) is 5.69 Å². The molecule has 1 aliphatic heterocycles. The summed E-state index contributed by atoms with van der Waals surface area (Å²) in [6.07, 6.45) is 1.94. The van der Waals surface area contributed by atoms with Gasteiger partial charge < -0.3 is 16.0 Å². The molecule has 1 amide bonds. The first-order chi connectivity index (χ1) is 8.56. The molecule has 1 aromatic heterocycles. The van der Waals surface area contributed by atoms with Gasteiger partial charge in [0.25, 0.3) is 5.91 Å². The van der Waals surface area contributed by atoms with Crippen LogP contribution in [0.4, 0.5) is 5.69 Å². The van der Waals surface area contributed by atoms with Crippen molar-refractivity contribution in [2.75, 3.05) is 25.9 Å². The van der Waals surface area contributed by atoms with Crippen molar-refractivity contribution in [2.24, 2.45) is 0 Å². The van der Waals surface area contributed by atoms with Crippen LogP contribution in [0.15, 0.2) is 16.7 Å². The largest absolute Gasteiger partial charge is 0.397 e. The highest BCUT2D eigenvalue weighted by atomic mass is 79.9. The van der Waals surface area contributed by atoms with E-state index in [1.807, 2.05) is 0 Å². The number of carbonyl (C=O) groups excluding carboxylic acids is 1. The average molecular weight is 313 g/mol. The van der Waals surface area contributed by atoms with Crippen molar-refractivity contribution in [2.45, 2.75) is 18.9 Å². The second kappa shape index (κ2) is 5.67. The smallest absolute Gasteiger partial charge is 0.272 e. The first kappa shape index (κ1) is 13.3. The third kappa shape index (κ3) is 3.20. The van der Waals surface area contributed by atoms with Crippen molar-refractivity contribution in [1.29, 1.82) is 0 Å². The van der Waals surface area contributed by atoms with Crippen LogP contribution in [0, 0.1) is 0 Å². The van der Waals surface area contributed by atoms with E-state index in [1.54, 1.807) is 12.1 Å². The van der Waals surface area contributed by atoms with Crippen LogP contribution in [0.5, 0.6) is 0 Å². The highest BCUT2D eigenvalue weighted by Crippen LogP contribution is 2.15. The number of nitrogen functional groups attached to an aromatic ring is 1. The van der Waals surface area contributed by atoms with Crippen molar-refractivity contribution in [1.82, 2.24) is 15.2 Å². The summed E-state index contributed by atoms with van der Waals surface area (Å²) in [6, 6.07) is 3.62. The molecule has 0 spiro atoms. The van der Waals surface area contributed by atoms with E-state index in [4.69, 9.17) is 5.73 Å². The van der Waals surface area contributed by atoms with Gasteiger partial charge in [-0.15, -0.1) is 0 Å². The Balaban J connectivity index is 2.01. The minimum Gasteiger partial charge on any atom is -0.397 e. The van der Waals surface area contributed by atoms with Crippen molar-refractivity contribution < 1.29 is 4.79 Å². The number of amides is 1. The molecule has 0 radical (unpaired) electrons. The molecule has 6 heteroatoms. The molecule has 98 valence electrons. The molecule has 18 heavy (non-hydrogen) atoms. The van der Waals surface area contributed by atoms with Gasteiger partial charge in [0.2, 0.25) is 0 Å². The van der Waals surface area contributed by atoms with E-state index in [0.29, 0.717) is 16.0 Å². The molecule has 0 aliphatic carbocycles. The number of rotatable bonds is 2. The lowest BCUT2D eigenvalue weighted by molar-refractivity contribution is 0.0912. The van der Waals surface area contributed by atoms with Crippen LogP contribution in [0.3, 0.4) is 0 Å². The van der Waals surface area contributed by atoms with Gasteiger partial charge in [0.15, 0.2) is 5.69 Å². The number of hydrogen-bond donors (Lipinski definition) is 2. The summed E-state index contributed by atoms with van der Waals surface area (Å²) in [7, 11) is 2.09. The number of likely N-dealkylation sites (tertiary alicyclic amines) is 1. The third-order valence-corrected chi connectivity index (χ3v) is 3.60.